The second kappa shape index (κ2) is 5.28. The Bertz CT molecular complexity index is 536. The van der Waals surface area contributed by atoms with Gasteiger partial charge in [0.2, 0.25) is 0 Å². The summed E-state index contributed by atoms with van der Waals surface area (Å²) in [6.45, 7) is 0.667. The van der Waals surface area contributed by atoms with E-state index in [-0.39, 0.29) is 0 Å². The molecule has 0 unspecified atom stereocenters. The lowest BCUT2D eigenvalue weighted by Crippen LogP contribution is -2.01. The number of nitrogens with two attached hydrogens (primary N) is 1. The number of nitrogens with zero attached hydrogens (tertiary/aromatic N) is 2. The number of aryl methyl sites for hydroxylation is 1. The zero-order valence-electron chi connectivity index (χ0n) is 9.48. The second-order valence-electron chi connectivity index (χ2n) is 3.83. The molecule has 2 rings (SSSR count). The van der Waals surface area contributed by atoms with E-state index in [1.165, 1.54) is 0 Å². The lowest BCUT2D eigenvalue weighted by atomic mass is 10.1. The van der Waals surface area contributed by atoms with Gasteiger partial charge in [0.25, 0.3) is 0 Å². The van der Waals surface area contributed by atoms with Gasteiger partial charge in [-0.05, 0) is 25.1 Å². The molecule has 0 fully saturated rings. The van der Waals surface area contributed by atoms with Crippen molar-refractivity contribution in [3.05, 3.63) is 41.9 Å². The molecular weight excluding hydrogens is 212 g/mol. The van der Waals surface area contributed by atoms with Crippen molar-refractivity contribution in [3.8, 4) is 17.3 Å². The first-order chi connectivity index (χ1) is 8.33. The standard InChI is InChI=1S/C13H14N4/c14-6-2-5-13-16-9-12(17-13)11-4-1-3-10(7-11)8-15/h1,3-4,7,9H,2,5-6,14H2,(H,16,17). The number of aromatic amines is 1. The van der Waals surface area contributed by atoms with Crippen LogP contribution in [0.4, 0.5) is 0 Å². The Morgan fingerprint density at radius 2 is 2.29 bits per heavy atom. The summed E-state index contributed by atoms with van der Waals surface area (Å²) in [4.78, 5) is 7.53. The van der Waals surface area contributed by atoms with Crippen LogP contribution in [-0.4, -0.2) is 16.5 Å². The summed E-state index contributed by atoms with van der Waals surface area (Å²) in [6, 6.07) is 9.59. The highest BCUT2D eigenvalue weighted by molar-refractivity contribution is 5.60. The minimum Gasteiger partial charge on any atom is -0.342 e. The third kappa shape index (κ3) is 2.71. The molecule has 1 aromatic carbocycles. The van der Waals surface area contributed by atoms with Crippen molar-refractivity contribution in [2.45, 2.75) is 12.8 Å². The van der Waals surface area contributed by atoms with Crippen molar-refractivity contribution >= 4 is 0 Å². The Labute approximate surface area is 100 Å². The van der Waals surface area contributed by atoms with E-state index in [0.29, 0.717) is 12.1 Å². The molecule has 0 aliphatic heterocycles. The summed E-state index contributed by atoms with van der Waals surface area (Å²) in [5, 5.41) is 8.84. The summed E-state index contributed by atoms with van der Waals surface area (Å²) in [6.07, 6.45) is 3.57. The van der Waals surface area contributed by atoms with E-state index >= 15 is 0 Å². The van der Waals surface area contributed by atoms with E-state index in [0.717, 1.165) is 29.9 Å². The van der Waals surface area contributed by atoms with Gasteiger partial charge in [-0.3, -0.25) is 0 Å². The zero-order chi connectivity index (χ0) is 12.1. The van der Waals surface area contributed by atoms with Crippen molar-refractivity contribution < 1.29 is 0 Å². The molecule has 4 nitrogen and oxygen atoms in total. The largest absolute Gasteiger partial charge is 0.342 e. The second-order valence-corrected chi connectivity index (χ2v) is 3.83. The van der Waals surface area contributed by atoms with Crippen LogP contribution in [0.2, 0.25) is 0 Å². The van der Waals surface area contributed by atoms with E-state index in [1.54, 1.807) is 12.3 Å². The van der Waals surface area contributed by atoms with Crippen LogP contribution in [0.15, 0.2) is 30.5 Å². The first kappa shape index (κ1) is 11.4. The van der Waals surface area contributed by atoms with Crippen LogP contribution in [0, 0.1) is 11.3 Å². The van der Waals surface area contributed by atoms with Gasteiger partial charge in [0.15, 0.2) is 0 Å². The van der Waals surface area contributed by atoms with Crippen LogP contribution < -0.4 is 5.73 Å². The Morgan fingerprint density at radius 1 is 1.41 bits per heavy atom. The molecule has 0 spiro atoms. The van der Waals surface area contributed by atoms with Crippen molar-refractivity contribution in [2.75, 3.05) is 6.54 Å². The van der Waals surface area contributed by atoms with E-state index in [4.69, 9.17) is 11.0 Å². The van der Waals surface area contributed by atoms with Crippen molar-refractivity contribution in [1.82, 2.24) is 9.97 Å². The van der Waals surface area contributed by atoms with Gasteiger partial charge >= 0.3 is 0 Å². The van der Waals surface area contributed by atoms with Gasteiger partial charge in [-0.2, -0.15) is 5.26 Å². The molecule has 0 bridgehead atoms. The number of imidazole rings is 1. The highest BCUT2D eigenvalue weighted by atomic mass is 14.9. The fourth-order valence-corrected chi connectivity index (χ4v) is 1.66. The highest BCUT2D eigenvalue weighted by Crippen LogP contribution is 2.18. The smallest absolute Gasteiger partial charge is 0.106 e. The predicted octanol–water partition coefficient (Wildman–Crippen LogP) is 1.84. The normalized spacial score (nSPS) is 10.1. The number of benzene rings is 1. The van der Waals surface area contributed by atoms with Crippen LogP contribution in [0.3, 0.4) is 0 Å². The Kier molecular flexibility index (Phi) is 3.53. The molecule has 2 aromatic rings. The van der Waals surface area contributed by atoms with Crippen molar-refractivity contribution in [2.24, 2.45) is 5.73 Å². The van der Waals surface area contributed by atoms with E-state index in [1.807, 2.05) is 18.2 Å². The zero-order valence-corrected chi connectivity index (χ0v) is 9.48. The van der Waals surface area contributed by atoms with Gasteiger partial charge in [-0.15, -0.1) is 0 Å². The molecule has 0 aliphatic rings. The summed E-state index contributed by atoms with van der Waals surface area (Å²) in [7, 11) is 0. The number of hydrogen-bond acceptors (Lipinski definition) is 3. The van der Waals surface area contributed by atoms with Crippen LogP contribution in [-0.2, 0) is 6.42 Å². The molecule has 4 heteroatoms. The van der Waals surface area contributed by atoms with Gasteiger partial charge in [0, 0.05) is 12.0 Å². The minimum atomic E-state index is 0.653. The number of H-pyrrole nitrogens is 1. The monoisotopic (exact) mass is 226 g/mol. The molecule has 0 saturated carbocycles. The maximum Gasteiger partial charge on any atom is 0.106 e. The average Bonchev–Trinajstić information content (AvgIpc) is 2.85. The summed E-state index contributed by atoms with van der Waals surface area (Å²) >= 11 is 0. The Hall–Kier alpha value is -2.12. The molecule has 1 heterocycles. The number of nitriles is 1. The van der Waals surface area contributed by atoms with Gasteiger partial charge < -0.3 is 10.7 Å². The van der Waals surface area contributed by atoms with E-state index in [9.17, 15) is 0 Å². The van der Waals surface area contributed by atoms with Crippen LogP contribution >= 0.6 is 0 Å². The molecule has 3 N–H and O–H groups in total. The third-order valence-electron chi connectivity index (χ3n) is 2.55. The first-order valence-corrected chi connectivity index (χ1v) is 5.58. The lowest BCUT2D eigenvalue weighted by Gasteiger charge is -1.98. The SMILES string of the molecule is N#Cc1cccc(-c2cnc(CCCN)[nH]2)c1. The first-order valence-electron chi connectivity index (χ1n) is 5.58. The Balaban J connectivity index is 2.21. The highest BCUT2D eigenvalue weighted by Gasteiger charge is 2.03. The molecule has 86 valence electrons. The summed E-state index contributed by atoms with van der Waals surface area (Å²) in [5.41, 5.74) is 8.03. The molecule has 1 aromatic heterocycles. The molecule has 0 atom stereocenters. The van der Waals surface area contributed by atoms with Crippen LogP contribution in [0.1, 0.15) is 17.8 Å². The van der Waals surface area contributed by atoms with E-state index < -0.39 is 0 Å². The van der Waals surface area contributed by atoms with Gasteiger partial charge in [0.1, 0.15) is 5.82 Å². The van der Waals surface area contributed by atoms with Gasteiger partial charge in [-0.1, -0.05) is 12.1 Å². The number of aromatic nitrogens is 2. The number of hydrogen-bond donors (Lipinski definition) is 2. The van der Waals surface area contributed by atoms with Gasteiger partial charge in [-0.25, -0.2) is 4.98 Å². The van der Waals surface area contributed by atoms with Crippen molar-refractivity contribution in [1.29, 1.82) is 5.26 Å². The maximum atomic E-state index is 8.84. The maximum absolute atomic E-state index is 8.84. The topological polar surface area (TPSA) is 78.5 Å². The molecular formula is C13H14N4. The molecule has 0 amide bonds. The van der Waals surface area contributed by atoms with Gasteiger partial charge in [0.05, 0.1) is 23.5 Å². The lowest BCUT2D eigenvalue weighted by molar-refractivity contribution is 0.794. The molecule has 0 aliphatic carbocycles. The fraction of sp³-hybridized carbons (Fsp3) is 0.231. The molecule has 0 saturated heterocycles. The predicted molar refractivity (Wildman–Crippen MR) is 66.1 cm³/mol. The van der Waals surface area contributed by atoms with Crippen molar-refractivity contribution in [3.63, 3.8) is 0 Å². The molecule has 17 heavy (non-hydrogen) atoms. The van der Waals surface area contributed by atoms with Crippen LogP contribution in [0.25, 0.3) is 11.3 Å². The molecule has 0 radical (unpaired) electrons. The summed E-state index contributed by atoms with van der Waals surface area (Å²) < 4.78 is 0. The minimum absolute atomic E-state index is 0.653. The third-order valence-corrected chi connectivity index (χ3v) is 2.55. The quantitative estimate of drug-likeness (QED) is 0.834. The average molecular weight is 226 g/mol. The number of rotatable bonds is 4. The van der Waals surface area contributed by atoms with Crippen LogP contribution in [0.5, 0.6) is 0 Å². The fourth-order valence-electron chi connectivity index (χ4n) is 1.66. The summed E-state index contributed by atoms with van der Waals surface area (Å²) in [5.74, 6) is 0.938. The number of nitrogens with one attached hydrogen (secondary N) is 1. The Morgan fingerprint density at radius 3 is 3.06 bits per heavy atom. The van der Waals surface area contributed by atoms with E-state index in [2.05, 4.69) is 16.0 Å².